The zero-order valence-electron chi connectivity index (χ0n) is 19.3. The lowest BCUT2D eigenvalue weighted by molar-refractivity contribution is 0.0131. The Hall–Kier alpha value is -4.18. The number of aromatic nitrogens is 5. The minimum Gasteiger partial charge on any atom is -0.356 e. The molecule has 6 rings (SSSR count). The van der Waals surface area contributed by atoms with Crippen LogP contribution in [0.4, 0.5) is 17.3 Å². The molecule has 10 heteroatoms. The molecule has 1 saturated carbocycles. The molecule has 2 N–H and O–H groups in total. The van der Waals surface area contributed by atoms with Gasteiger partial charge < -0.3 is 15.3 Å². The van der Waals surface area contributed by atoms with E-state index in [0.29, 0.717) is 36.2 Å². The summed E-state index contributed by atoms with van der Waals surface area (Å²) in [5.74, 6) is 1.38. The monoisotopic (exact) mass is 470 g/mol. The van der Waals surface area contributed by atoms with E-state index in [1.807, 2.05) is 64.2 Å². The highest BCUT2D eigenvalue weighted by molar-refractivity contribution is 6.06. The molecular weight excluding hydrogens is 444 g/mol. The Labute approximate surface area is 202 Å². The van der Waals surface area contributed by atoms with Gasteiger partial charge in [0, 0.05) is 19.3 Å². The summed E-state index contributed by atoms with van der Waals surface area (Å²) in [5.41, 5.74) is 3.25. The number of carbonyl (C=O) groups excluding carboxylic acids is 1. The van der Waals surface area contributed by atoms with Gasteiger partial charge in [-0.1, -0.05) is 30.3 Å². The van der Waals surface area contributed by atoms with Gasteiger partial charge in [-0.15, -0.1) is 0 Å². The van der Waals surface area contributed by atoms with Crippen LogP contribution in [0.1, 0.15) is 28.8 Å². The standard InChI is InChI=1S/C25H26N8O2/c1-30-24(34)21-22(28-19-5-3-2-4-6-19)32(29-23(21)31(25(30)35)13-17-7-8-17)14-18-9-11-20(12-10-18)33-16-26-15-27-33/h2-6,9-12,15-17,25,28,35H,7-8,13-14H2,1H3. The number of amides is 1. The molecule has 178 valence electrons. The Morgan fingerprint density at radius 1 is 1.09 bits per heavy atom. The predicted octanol–water partition coefficient (Wildman–Crippen LogP) is 2.83. The van der Waals surface area contributed by atoms with Crippen molar-refractivity contribution in [3.8, 4) is 5.69 Å². The van der Waals surface area contributed by atoms with Crippen LogP contribution in [-0.4, -0.2) is 60.4 Å². The fourth-order valence-electron chi connectivity index (χ4n) is 4.37. The van der Waals surface area contributed by atoms with Gasteiger partial charge >= 0.3 is 0 Å². The number of carbonyl (C=O) groups is 1. The van der Waals surface area contributed by atoms with Crippen molar-refractivity contribution in [2.45, 2.75) is 25.7 Å². The van der Waals surface area contributed by atoms with Crippen molar-refractivity contribution < 1.29 is 9.90 Å². The lowest BCUT2D eigenvalue weighted by Gasteiger charge is -2.38. The first-order chi connectivity index (χ1) is 17.1. The summed E-state index contributed by atoms with van der Waals surface area (Å²) in [4.78, 5) is 20.6. The lowest BCUT2D eigenvalue weighted by Crippen LogP contribution is -2.54. The molecule has 1 amide bonds. The summed E-state index contributed by atoms with van der Waals surface area (Å²) >= 11 is 0. The predicted molar refractivity (Wildman–Crippen MR) is 131 cm³/mol. The maximum absolute atomic E-state index is 13.4. The van der Waals surface area contributed by atoms with E-state index < -0.39 is 6.35 Å². The van der Waals surface area contributed by atoms with E-state index >= 15 is 0 Å². The van der Waals surface area contributed by atoms with Gasteiger partial charge in [-0.25, -0.2) is 14.3 Å². The second kappa shape index (κ2) is 8.55. The summed E-state index contributed by atoms with van der Waals surface area (Å²) in [6.07, 6.45) is 4.37. The number of aliphatic hydroxyl groups is 1. The van der Waals surface area contributed by atoms with Crippen molar-refractivity contribution in [3.05, 3.63) is 78.4 Å². The largest absolute Gasteiger partial charge is 0.356 e. The molecule has 2 aromatic heterocycles. The maximum Gasteiger partial charge on any atom is 0.264 e. The first-order valence-corrected chi connectivity index (χ1v) is 11.7. The van der Waals surface area contributed by atoms with Gasteiger partial charge in [0.05, 0.1) is 12.2 Å². The van der Waals surface area contributed by atoms with Crippen LogP contribution in [0.5, 0.6) is 0 Å². The van der Waals surface area contributed by atoms with Crippen LogP contribution in [0.2, 0.25) is 0 Å². The Morgan fingerprint density at radius 2 is 1.86 bits per heavy atom. The molecule has 3 heterocycles. The van der Waals surface area contributed by atoms with Gasteiger partial charge in [-0.2, -0.15) is 10.2 Å². The topological polar surface area (TPSA) is 104 Å². The Bertz CT molecular complexity index is 1330. The minimum absolute atomic E-state index is 0.259. The average Bonchev–Trinajstić information content (AvgIpc) is 3.40. The number of fused-ring (bicyclic) bond motifs is 1. The molecule has 2 aliphatic rings. The highest BCUT2D eigenvalue weighted by Gasteiger charge is 2.42. The van der Waals surface area contributed by atoms with Gasteiger partial charge in [-0.3, -0.25) is 9.69 Å². The SMILES string of the molecule is CN1C(=O)c2c(nn(Cc3ccc(-n4cncn4)cc3)c2Nc2ccccc2)N(CC2CC2)C1O. The molecule has 0 saturated heterocycles. The molecule has 1 aliphatic carbocycles. The number of anilines is 3. The van der Waals surface area contributed by atoms with Crippen molar-refractivity contribution in [2.24, 2.45) is 5.92 Å². The maximum atomic E-state index is 13.4. The van der Waals surface area contributed by atoms with Crippen molar-refractivity contribution in [1.82, 2.24) is 29.4 Å². The van der Waals surface area contributed by atoms with Crippen LogP contribution in [0.25, 0.3) is 5.69 Å². The third-order valence-corrected chi connectivity index (χ3v) is 6.51. The van der Waals surface area contributed by atoms with Crippen LogP contribution in [0.3, 0.4) is 0 Å². The third-order valence-electron chi connectivity index (χ3n) is 6.51. The fraction of sp³-hybridized carbons (Fsp3) is 0.280. The summed E-state index contributed by atoms with van der Waals surface area (Å²) in [6, 6.07) is 17.7. The normalized spacial score (nSPS) is 17.5. The summed E-state index contributed by atoms with van der Waals surface area (Å²) in [5, 5.41) is 23.3. The van der Waals surface area contributed by atoms with Crippen molar-refractivity contribution >= 4 is 23.2 Å². The molecule has 0 spiro atoms. The zero-order chi connectivity index (χ0) is 23.9. The number of aliphatic hydroxyl groups excluding tert-OH is 1. The van der Waals surface area contributed by atoms with Crippen LogP contribution < -0.4 is 10.2 Å². The number of hydrogen-bond donors (Lipinski definition) is 2. The van der Waals surface area contributed by atoms with E-state index in [1.165, 1.54) is 11.2 Å². The number of benzene rings is 2. The van der Waals surface area contributed by atoms with E-state index in [0.717, 1.165) is 29.8 Å². The highest BCUT2D eigenvalue weighted by Crippen LogP contribution is 2.39. The van der Waals surface area contributed by atoms with E-state index in [4.69, 9.17) is 5.10 Å². The van der Waals surface area contributed by atoms with Gasteiger partial charge in [0.15, 0.2) is 5.82 Å². The number of rotatable bonds is 7. The van der Waals surface area contributed by atoms with Crippen LogP contribution in [0, 0.1) is 5.92 Å². The summed E-state index contributed by atoms with van der Waals surface area (Å²) in [6.45, 7) is 1.12. The zero-order valence-corrected chi connectivity index (χ0v) is 19.3. The van der Waals surface area contributed by atoms with Crippen LogP contribution in [-0.2, 0) is 6.54 Å². The quantitative estimate of drug-likeness (QED) is 0.428. The smallest absolute Gasteiger partial charge is 0.264 e. The third kappa shape index (κ3) is 4.01. The highest BCUT2D eigenvalue weighted by atomic mass is 16.3. The fourth-order valence-corrected chi connectivity index (χ4v) is 4.37. The van der Waals surface area contributed by atoms with E-state index in [2.05, 4.69) is 15.4 Å². The van der Waals surface area contributed by atoms with E-state index in [9.17, 15) is 9.90 Å². The second-order valence-electron chi connectivity index (χ2n) is 9.06. The number of hydrogen-bond acceptors (Lipinski definition) is 7. The Kier molecular flexibility index (Phi) is 5.22. The van der Waals surface area contributed by atoms with Gasteiger partial charge in [0.2, 0.25) is 6.35 Å². The molecule has 1 unspecified atom stereocenters. The first-order valence-electron chi connectivity index (χ1n) is 11.7. The van der Waals surface area contributed by atoms with E-state index in [1.54, 1.807) is 18.1 Å². The molecule has 1 atom stereocenters. The lowest BCUT2D eigenvalue weighted by atomic mass is 10.1. The molecular formula is C25H26N8O2. The Morgan fingerprint density at radius 3 is 2.54 bits per heavy atom. The second-order valence-corrected chi connectivity index (χ2v) is 9.06. The van der Waals surface area contributed by atoms with Gasteiger partial charge in [0.1, 0.15) is 24.0 Å². The van der Waals surface area contributed by atoms with Gasteiger partial charge in [-0.05, 0) is 48.6 Å². The molecule has 1 fully saturated rings. The summed E-state index contributed by atoms with van der Waals surface area (Å²) < 4.78 is 3.51. The minimum atomic E-state index is -1.04. The molecule has 1 aliphatic heterocycles. The molecule has 4 aromatic rings. The molecule has 10 nitrogen and oxygen atoms in total. The van der Waals surface area contributed by atoms with E-state index in [-0.39, 0.29) is 5.91 Å². The molecule has 35 heavy (non-hydrogen) atoms. The van der Waals surface area contributed by atoms with Crippen molar-refractivity contribution in [3.63, 3.8) is 0 Å². The van der Waals surface area contributed by atoms with Crippen molar-refractivity contribution in [2.75, 3.05) is 23.8 Å². The summed E-state index contributed by atoms with van der Waals surface area (Å²) in [7, 11) is 1.63. The Balaban J connectivity index is 1.40. The average molecular weight is 471 g/mol. The molecule has 0 bridgehead atoms. The number of nitrogens with zero attached hydrogens (tertiary/aromatic N) is 7. The number of para-hydroxylation sites is 1. The van der Waals surface area contributed by atoms with Crippen LogP contribution >= 0.6 is 0 Å². The molecule has 2 aromatic carbocycles. The molecule has 0 radical (unpaired) electrons. The first kappa shape index (κ1) is 21.4. The van der Waals surface area contributed by atoms with Gasteiger partial charge in [0.25, 0.3) is 5.91 Å². The van der Waals surface area contributed by atoms with Crippen molar-refractivity contribution in [1.29, 1.82) is 0 Å². The van der Waals surface area contributed by atoms with Crippen LogP contribution in [0.15, 0.2) is 67.3 Å². The number of nitrogens with one attached hydrogen (secondary N) is 1.